The molecule has 1 aromatic heterocycles. The van der Waals surface area contributed by atoms with E-state index in [1.165, 1.54) is 16.0 Å². The van der Waals surface area contributed by atoms with E-state index in [9.17, 15) is 0 Å². The van der Waals surface area contributed by atoms with Crippen LogP contribution < -0.4 is 5.73 Å². The molecular formula is C17H24N2S. The van der Waals surface area contributed by atoms with Crippen molar-refractivity contribution in [1.29, 1.82) is 0 Å². The van der Waals surface area contributed by atoms with Gasteiger partial charge in [0.2, 0.25) is 0 Å². The van der Waals surface area contributed by atoms with Crippen molar-refractivity contribution in [3.63, 3.8) is 0 Å². The Morgan fingerprint density at radius 3 is 2.40 bits per heavy atom. The van der Waals surface area contributed by atoms with Crippen molar-refractivity contribution >= 4 is 11.3 Å². The topological polar surface area (TPSA) is 29.3 Å². The van der Waals surface area contributed by atoms with E-state index in [0.717, 1.165) is 13.1 Å². The average Bonchev–Trinajstić information content (AvgIpc) is 2.92. The van der Waals surface area contributed by atoms with Gasteiger partial charge in [-0.3, -0.25) is 4.90 Å². The van der Waals surface area contributed by atoms with Crippen LogP contribution in [0.4, 0.5) is 0 Å². The van der Waals surface area contributed by atoms with Crippen LogP contribution in [0, 0.1) is 6.92 Å². The number of thiophene rings is 1. The summed E-state index contributed by atoms with van der Waals surface area (Å²) in [6.45, 7) is 8.39. The third kappa shape index (κ3) is 3.69. The Morgan fingerprint density at radius 1 is 1.20 bits per heavy atom. The second kappa shape index (κ2) is 7.02. The van der Waals surface area contributed by atoms with Crippen LogP contribution in [0.25, 0.3) is 0 Å². The predicted molar refractivity (Wildman–Crippen MR) is 88.0 cm³/mol. The molecule has 3 heteroatoms. The zero-order valence-corrected chi connectivity index (χ0v) is 13.4. The SMILES string of the molecule is CCN(Cc1cccs1)C(c1ccc(C)cc1)C(C)N. The van der Waals surface area contributed by atoms with E-state index in [2.05, 4.69) is 67.4 Å². The first-order valence-corrected chi connectivity index (χ1v) is 8.08. The van der Waals surface area contributed by atoms with Gasteiger partial charge in [-0.05, 0) is 37.4 Å². The highest BCUT2D eigenvalue weighted by Crippen LogP contribution is 2.26. The van der Waals surface area contributed by atoms with Gasteiger partial charge < -0.3 is 5.73 Å². The highest BCUT2D eigenvalue weighted by Gasteiger charge is 2.23. The lowest BCUT2D eigenvalue weighted by atomic mass is 9.98. The van der Waals surface area contributed by atoms with Gasteiger partial charge in [-0.2, -0.15) is 0 Å². The minimum absolute atomic E-state index is 0.109. The zero-order valence-electron chi connectivity index (χ0n) is 12.5. The molecule has 2 unspecified atom stereocenters. The Hall–Kier alpha value is -1.16. The van der Waals surface area contributed by atoms with Crippen LogP contribution in [0.5, 0.6) is 0 Å². The molecule has 0 amide bonds. The van der Waals surface area contributed by atoms with E-state index in [0.29, 0.717) is 0 Å². The number of hydrogen-bond donors (Lipinski definition) is 1. The molecule has 0 spiro atoms. The quantitative estimate of drug-likeness (QED) is 0.871. The maximum Gasteiger partial charge on any atom is 0.0500 e. The van der Waals surface area contributed by atoms with E-state index >= 15 is 0 Å². The molecule has 0 aliphatic rings. The molecule has 0 saturated carbocycles. The van der Waals surface area contributed by atoms with Gasteiger partial charge >= 0.3 is 0 Å². The minimum atomic E-state index is 0.109. The molecule has 0 aliphatic carbocycles. The molecule has 2 N–H and O–H groups in total. The first-order valence-electron chi connectivity index (χ1n) is 7.20. The van der Waals surface area contributed by atoms with Crippen LogP contribution >= 0.6 is 11.3 Å². The summed E-state index contributed by atoms with van der Waals surface area (Å²) in [6, 6.07) is 13.4. The summed E-state index contributed by atoms with van der Waals surface area (Å²) < 4.78 is 0. The maximum absolute atomic E-state index is 6.27. The fourth-order valence-electron chi connectivity index (χ4n) is 2.62. The lowest BCUT2D eigenvalue weighted by Crippen LogP contribution is -2.39. The number of nitrogens with two attached hydrogens (primary N) is 1. The van der Waals surface area contributed by atoms with Crippen LogP contribution in [0.1, 0.15) is 35.9 Å². The normalized spacial score (nSPS) is 14.4. The summed E-state index contributed by atoms with van der Waals surface area (Å²) >= 11 is 1.81. The summed E-state index contributed by atoms with van der Waals surface area (Å²) in [6.07, 6.45) is 0. The summed E-state index contributed by atoms with van der Waals surface area (Å²) in [5, 5.41) is 2.13. The summed E-state index contributed by atoms with van der Waals surface area (Å²) in [5.74, 6) is 0. The van der Waals surface area contributed by atoms with Gasteiger partial charge in [0.05, 0.1) is 0 Å². The molecule has 1 aromatic carbocycles. The van der Waals surface area contributed by atoms with Gasteiger partial charge in [-0.15, -0.1) is 11.3 Å². The number of hydrogen-bond acceptors (Lipinski definition) is 3. The van der Waals surface area contributed by atoms with Crippen LogP contribution in [0.2, 0.25) is 0 Å². The molecule has 1 heterocycles. The zero-order chi connectivity index (χ0) is 14.5. The minimum Gasteiger partial charge on any atom is -0.326 e. The molecule has 0 radical (unpaired) electrons. The highest BCUT2D eigenvalue weighted by molar-refractivity contribution is 7.09. The second-order valence-electron chi connectivity index (χ2n) is 5.36. The Balaban J connectivity index is 2.23. The smallest absolute Gasteiger partial charge is 0.0500 e. The molecule has 108 valence electrons. The fourth-order valence-corrected chi connectivity index (χ4v) is 3.35. The van der Waals surface area contributed by atoms with Gasteiger partial charge in [-0.1, -0.05) is 42.8 Å². The van der Waals surface area contributed by atoms with Crippen molar-refractivity contribution in [3.8, 4) is 0 Å². The monoisotopic (exact) mass is 288 g/mol. The molecule has 2 aromatic rings. The van der Waals surface area contributed by atoms with Crippen molar-refractivity contribution in [2.75, 3.05) is 6.54 Å². The van der Waals surface area contributed by atoms with Gasteiger partial charge in [0.1, 0.15) is 0 Å². The molecule has 2 atom stereocenters. The summed E-state index contributed by atoms with van der Waals surface area (Å²) in [5.41, 5.74) is 8.87. The molecule has 0 bridgehead atoms. The van der Waals surface area contributed by atoms with Gasteiger partial charge in [0, 0.05) is 23.5 Å². The Bertz CT molecular complexity index is 502. The summed E-state index contributed by atoms with van der Waals surface area (Å²) in [7, 11) is 0. The van der Waals surface area contributed by atoms with E-state index in [1.54, 1.807) is 0 Å². The van der Waals surface area contributed by atoms with Crippen molar-refractivity contribution in [2.45, 2.75) is 39.4 Å². The first kappa shape index (κ1) is 15.2. The summed E-state index contributed by atoms with van der Waals surface area (Å²) in [4.78, 5) is 3.85. The van der Waals surface area contributed by atoms with Gasteiger partial charge in [-0.25, -0.2) is 0 Å². The molecule has 0 fully saturated rings. The third-order valence-electron chi connectivity index (χ3n) is 3.66. The molecule has 2 rings (SSSR count). The largest absolute Gasteiger partial charge is 0.326 e. The van der Waals surface area contributed by atoms with Crippen molar-refractivity contribution < 1.29 is 0 Å². The average molecular weight is 288 g/mol. The van der Waals surface area contributed by atoms with Crippen LogP contribution in [-0.2, 0) is 6.54 Å². The van der Waals surface area contributed by atoms with Crippen LogP contribution in [-0.4, -0.2) is 17.5 Å². The van der Waals surface area contributed by atoms with E-state index in [4.69, 9.17) is 5.73 Å². The highest BCUT2D eigenvalue weighted by atomic mass is 32.1. The Kier molecular flexibility index (Phi) is 5.35. The Morgan fingerprint density at radius 2 is 1.90 bits per heavy atom. The van der Waals surface area contributed by atoms with Crippen molar-refractivity contribution in [1.82, 2.24) is 4.90 Å². The predicted octanol–water partition coefficient (Wildman–Crippen LogP) is 3.97. The number of benzene rings is 1. The third-order valence-corrected chi connectivity index (χ3v) is 4.52. The number of rotatable bonds is 6. The van der Waals surface area contributed by atoms with Crippen molar-refractivity contribution in [3.05, 3.63) is 57.8 Å². The van der Waals surface area contributed by atoms with Crippen LogP contribution in [0.3, 0.4) is 0 Å². The van der Waals surface area contributed by atoms with Gasteiger partial charge in [0.15, 0.2) is 0 Å². The molecule has 20 heavy (non-hydrogen) atoms. The first-order chi connectivity index (χ1) is 9.61. The standard InChI is InChI=1S/C17H24N2S/c1-4-19(12-16-6-5-11-20-16)17(14(3)18)15-9-7-13(2)8-10-15/h5-11,14,17H,4,12,18H2,1-3H3. The molecule has 2 nitrogen and oxygen atoms in total. The second-order valence-corrected chi connectivity index (χ2v) is 6.39. The maximum atomic E-state index is 6.27. The van der Waals surface area contributed by atoms with E-state index in [1.807, 2.05) is 11.3 Å². The fraction of sp³-hybridized carbons (Fsp3) is 0.412. The number of nitrogens with zero attached hydrogens (tertiary/aromatic N) is 1. The van der Waals surface area contributed by atoms with E-state index < -0.39 is 0 Å². The lowest BCUT2D eigenvalue weighted by Gasteiger charge is -2.33. The lowest BCUT2D eigenvalue weighted by molar-refractivity contribution is 0.178. The van der Waals surface area contributed by atoms with Crippen molar-refractivity contribution in [2.24, 2.45) is 5.73 Å². The molecule has 0 aliphatic heterocycles. The molecule has 0 saturated heterocycles. The van der Waals surface area contributed by atoms with Crippen LogP contribution in [0.15, 0.2) is 41.8 Å². The number of aryl methyl sites for hydroxylation is 1. The van der Waals surface area contributed by atoms with Gasteiger partial charge in [0.25, 0.3) is 0 Å². The van der Waals surface area contributed by atoms with E-state index in [-0.39, 0.29) is 12.1 Å². The molecular weight excluding hydrogens is 264 g/mol. The Labute approximate surface area is 126 Å². The number of likely N-dealkylation sites (N-methyl/N-ethyl adjacent to an activating group) is 1.